The summed E-state index contributed by atoms with van der Waals surface area (Å²) >= 11 is 0. The second kappa shape index (κ2) is 7.04. The fraction of sp³-hybridized carbons (Fsp3) is 0.750. The van der Waals surface area contributed by atoms with Gasteiger partial charge < -0.3 is 9.84 Å². The van der Waals surface area contributed by atoms with Crippen LogP contribution in [0.15, 0.2) is 23.8 Å². The van der Waals surface area contributed by atoms with Gasteiger partial charge in [-0.25, -0.2) is 4.39 Å². The van der Waals surface area contributed by atoms with Crippen molar-refractivity contribution in [2.24, 2.45) is 34.5 Å². The van der Waals surface area contributed by atoms with Crippen molar-refractivity contribution in [2.45, 2.75) is 78.2 Å². The molecule has 4 nitrogen and oxygen atoms in total. The molecule has 0 aliphatic heterocycles. The Morgan fingerprint density at radius 1 is 1.34 bits per heavy atom. The van der Waals surface area contributed by atoms with Gasteiger partial charge in [-0.1, -0.05) is 33.8 Å². The maximum Gasteiger partial charge on any atom is 0.305 e. The predicted molar refractivity (Wildman–Crippen MR) is 108 cm³/mol. The number of aliphatic hydroxyl groups is 1. The van der Waals surface area contributed by atoms with E-state index in [0.29, 0.717) is 24.8 Å². The van der Waals surface area contributed by atoms with Gasteiger partial charge in [0.2, 0.25) is 0 Å². The smallest absolute Gasteiger partial charge is 0.305 e. The van der Waals surface area contributed by atoms with Gasteiger partial charge in [0.25, 0.3) is 0 Å². The molecule has 4 aliphatic rings. The Balaban J connectivity index is 1.75. The molecule has 0 aromatic heterocycles. The number of allylic oxidation sites excluding steroid dienone is 4. The minimum atomic E-state index is -1.18. The van der Waals surface area contributed by atoms with Gasteiger partial charge in [0, 0.05) is 23.2 Å². The Hall–Kier alpha value is -1.49. The summed E-state index contributed by atoms with van der Waals surface area (Å²) in [6.45, 7) is 7.99. The zero-order chi connectivity index (χ0) is 21.1. The molecule has 4 aliphatic carbocycles. The van der Waals surface area contributed by atoms with E-state index in [9.17, 15) is 14.7 Å². The lowest BCUT2D eigenvalue weighted by atomic mass is 9.46. The molecule has 0 spiro atoms. The number of hydrogen-bond acceptors (Lipinski definition) is 4. The number of carbonyl (C=O) groups is 2. The third kappa shape index (κ3) is 2.87. The maximum absolute atomic E-state index is 15.4. The van der Waals surface area contributed by atoms with E-state index < -0.39 is 17.7 Å². The van der Waals surface area contributed by atoms with Crippen LogP contribution in [0.3, 0.4) is 0 Å². The molecule has 0 aromatic carbocycles. The number of alkyl halides is 1. The first-order valence-corrected chi connectivity index (χ1v) is 11.1. The number of rotatable bonds is 3. The highest BCUT2D eigenvalue weighted by molar-refractivity contribution is 6.01. The number of esters is 1. The molecule has 0 unspecified atom stereocenters. The number of fused-ring (bicyclic) bond motifs is 5. The normalized spacial score (nSPS) is 48.4. The highest BCUT2D eigenvalue weighted by Crippen LogP contribution is 2.67. The van der Waals surface area contributed by atoms with Crippen LogP contribution in [0.1, 0.15) is 59.8 Å². The first-order chi connectivity index (χ1) is 13.7. The van der Waals surface area contributed by atoms with Gasteiger partial charge in [-0.2, -0.15) is 0 Å². The summed E-state index contributed by atoms with van der Waals surface area (Å²) in [5, 5.41) is 11.4. The van der Waals surface area contributed by atoms with Gasteiger partial charge in [0.15, 0.2) is 5.78 Å². The molecule has 0 radical (unpaired) electrons. The zero-order valence-electron chi connectivity index (χ0n) is 17.9. The largest absolute Gasteiger partial charge is 0.461 e. The van der Waals surface area contributed by atoms with E-state index in [4.69, 9.17) is 4.74 Å². The molecular formula is C24H33FO4. The molecule has 0 saturated heterocycles. The molecule has 160 valence electrons. The molecule has 0 bridgehead atoms. The number of ether oxygens (including phenoxy) is 1. The number of hydrogen-bond donors (Lipinski definition) is 1. The van der Waals surface area contributed by atoms with Gasteiger partial charge in [-0.05, 0) is 61.2 Å². The number of ketones is 1. The molecule has 4 rings (SSSR count). The lowest BCUT2D eigenvalue weighted by Gasteiger charge is -2.59. The van der Waals surface area contributed by atoms with Crippen LogP contribution >= 0.6 is 0 Å². The lowest BCUT2D eigenvalue weighted by Crippen LogP contribution is -2.59. The van der Waals surface area contributed by atoms with Crippen molar-refractivity contribution >= 4 is 11.8 Å². The Labute approximate surface area is 172 Å². The summed E-state index contributed by atoms with van der Waals surface area (Å²) < 4.78 is 21.3. The topological polar surface area (TPSA) is 63.6 Å². The quantitative estimate of drug-likeness (QED) is 0.717. The van der Waals surface area contributed by atoms with Crippen molar-refractivity contribution in [1.29, 1.82) is 0 Å². The zero-order valence-corrected chi connectivity index (χ0v) is 17.9. The first-order valence-electron chi connectivity index (χ1n) is 11.1. The lowest BCUT2D eigenvalue weighted by molar-refractivity contribution is -0.176. The van der Waals surface area contributed by atoms with E-state index in [0.717, 1.165) is 12.8 Å². The Bertz CT molecular complexity index is 773. The molecule has 5 heteroatoms. The van der Waals surface area contributed by atoms with E-state index in [-0.39, 0.29) is 46.9 Å². The van der Waals surface area contributed by atoms with Gasteiger partial charge >= 0.3 is 5.97 Å². The van der Waals surface area contributed by atoms with Crippen LogP contribution in [-0.2, 0) is 14.3 Å². The van der Waals surface area contributed by atoms with Crippen LogP contribution in [0.5, 0.6) is 0 Å². The minimum absolute atomic E-state index is 0.00137. The summed E-state index contributed by atoms with van der Waals surface area (Å²) in [7, 11) is 0. The Morgan fingerprint density at radius 2 is 2.07 bits per heavy atom. The number of carbonyl (C=O) groups excluding carboxylic acids is 2. The third-order valence-electron chi connectivity index (χ3n) is 8.66. The van der Waals surface area contributed by atoms with Gasteiger partial charge in [0.1, 0.15) is 12.3 Å². The highest BCUT2D eigenvalue weighted by Gasteiger charge is 2.66. The standard InChI is InChI=1S/C24H33FO4/c1-5-20(28)29-22-13(3)9-16-15-11-18(25)17-10-14(26)7-8-23(17,4)21(15)19(27)12-24(16,22)6-2/h7-8,10,13,15-16,18-19,21-22,27H,5-6,9,11-12H2,1-4H3/t13-,15+,16+,18+,19+,21-,22-,23+,24+/m1/s1. The van der Waals surface area contributed by atoms with Gasteiger partial charge in [0.05, 0.1) is 6.10 Å². The fourth-order valence-corrected chi connectivity index (χ4v) is 7.48. The van der Waals surface area contributed by atoms with Crippen LogP contribution < -0.4 is 0 Å². The maximum atomic E-state index is 15.4. The van der Waals surface area contributed by atoms with Crippen molar-refractivity contribution in [1.82, 2.24) is 0 Å². The first kappa shape index (κ1) is 20.8. The number of aliphatic hydroxyl groups excluding tert-OH is 1. The predicted octanol–water partition coefficient (Wildman–Crippen LogP) is 4.17. The Kier molecular flexibility index (Phi) is 5.04. The summed E-state index contributed by atoms with van der Waals surface area (Å²) in [6.07, 6.45) is 5.67. The fourth-order valence-electron chi connectivity index (χ4n) is 7.48. The van der Waals surface area contributed by atoms with Crippen molar-refractivity contribution in [3.63, 3.8) is 0 Å². The molecule has 0 aromatic rings. The van der Waals surface area contributed by atoms with E-state index in [2.05, 4.69) is 13.8 Å². The monoisotopic (exact) mass is 404 g/mol. The van der Waals surface area contributed by atoms with Crippen LogP contribution in [0.2, 0.25) is 0 Å². The molecule has 3 fully saturated rings. The molecule has 0 amide bonds. The second-order valence-electron chi connectivity index (χ2n) is 9.95. The minimum Gasteiger partial charge on any atom is -0.461 e. The van der Waals surface area contributed by atoms with Crippen molar-refractivity contribution in [3.05, 3.63) is 23.8 Å². The van der Waals surface area contributed by atoms with Crippen molar-refractivity contribution in [2.75, 3.05) is 0 Å². The third-order valence-corrected chi connectivity index (χ3v) is 8.66. The molecule has 1 N–H and O–H groups in total. The molecule has 9 atom stereocenters. The molecule has 0 heterocycles. The second-order valence-corrected chi connectivity index (χ2v) is 9.95. The summed E-state index contributed by atoms with van der Waals surface area (Å²) in [5.41, 5.74) is -0.429. The van der Waals surface area contributed by atoms with Gasteiger partial charge in [-0.3, -0.25) is 9.59 Å². The molecular weight excluding hydrogens is 371 g/mol. The summed E-state index contributed by atoms with van der Waals surface area (Å²) in [6, 6.07) is 0. The molecule has 3 saturated carbocycles. The summed E-state index contributed by atoms with van der Waals surface area (Å²) in [5.74, 6) is -0.109. The summed E-state index contributed by atoms with van der Waals surface area (Å²) in [4.78, 5) is 24.0. The van der Waals surface area contributed by atoms with Crippen LogP contribution in [0.4, 0.5) is 4.39 Å². The van der Waals surface area contributed by atoms with E-state index >= 15 is 4.39 Å². The SMILES string of the molecule is CCC(=O)O[C@@H]1[C@H](C)C[C@H]2[C@@H]3C[C@H](F)C4=CC(=O)C=C[C@]4(C)[C@H]3[C@@H](O)C[C@]12CC. The molecule has 29 heavy (non-hydrogen) atoms. The van der Waals surface area contributed by atoms with Crippen LogP contribution in [0.25, 0.3) is 0 Å². The van der Waals surface area contributed by atoms with Crippen molar-refractivity contribution in [3.8, 4) is 0 Å². The average molecular weight is 405 g/mol. The van der Waals surface area contributed by atoms with E-state index in [1.54, 1.807) is 6.92 Å². The highest BCUT2D eigenvalue weighted by atomic mass is 19.1. The van der Waals surface area contributed by atoms with Crippen LogP contribution in [0, 0.1) is 34.5 Å². The van der Waals surface area contributed by atoms with Gasteiger partial charge in [-0.15, -0.1) is 0 Å². The number of halogens is 1. The average Bonchev–Trinajstić information content (AvgIpc) is 2.95. The van der Waals surface area contributed by atoms with E-state index in [1.165, 1.54) is 12.2 Å². The van der Waals surface area contributed by atoms with E-state index in [1.807, 2.05) is 13.0 Å². The Morgan fingerprint density at radius 3 is 2.72 bits per heavy atom. The van der Waals surface area contributed by atoms with Crippen molar-refractivity contribution < 1.29 is 23.8 Å². The van der Waals surface area contributed by atoms with Crippen LogP contribution in [-0.4, -0.2) is 35.2 Å².